The fourth-order valence-electron chi connectivity index (χ4n) is 2.17. The van der Waals surface area contributed by atoms with Crippen LogP contribution in [0.4, 0.5) is 0 Å². The molecule has 3 rings (SSSR count). The van der Waals surface area contributed by atoms with Crippen LogP contribution in [-0.2, 0) is 16.1 Å². The van der Waals surface area contributed by atoms with Crippen LogP contribution in [0.25, 0.3) is 11.1 Å². The van der Waals surface area contributed by atoms with Gasteiger partial charge < -0.3 is 14.0 Å². The normalized spacial score (nSPS) is 10.4. The van der Waals surface area contributed by atoms with Gasteiger partial charge in [-0.25, -0.2) is 4.79 Å². The molecule has 2 aromatic carbocycles. The molecule has 6 heteroatoms. The minimum Gasteiger partial charge on any atom is -0.481 e. The van der Waals surface area contributed by atoms with E-state index in [4.69, 9.17) is 14.0 Å². The smallest absolute Gasteiger partial charge is 0.344 e. The van der Waals surface area contributed by atoms with Crippen LogP contribution in [0.1, 0.15) is 11.7 Å². The minimum absolute atomic E-state index is 0.0661. The summed E-state index contributed by atoms with van der Waals surface area (Å²) in [5.74, 6) is 0.864. The first kappa shape index (κ1) is 15.7. The lowest BCUT2D eigenvalue weighted by Gasteiger charge is -2.11. The number of rotatable bonds is 6. The maximum Gasteiger partial charge on any atom is 0.344 e. The van der Waals surface area contributed by atoms with Gasteiger partial charge in [-0.2, -0.15) is 4.98 Å². The topological polar surface area (TPSA) is 74.5 Å². The van der Waals surface area contributed by atoms with Crippen LogP contribution < -0.4 is 4.74 Å². The van der Waals surface area contributed by atoms with Gasteiger partial charge in [0.15, 0.2) is 19.0 Å². The maximum atomic E-state index is 11.8. The standard InChI is InChI=1S/C18H16N2O4/c1-13-19-17(24-20-13)11-23-18(21)12-22-16-10-6-5-9-15(16)14-7-3-2-4-8-14/h2-10H,11-12H2,1H3. The Morgan fingerprint density at radius 1 is 1.08 bits per heavy atom. The van der Waals surface area contributed by atoms with Crippen LogP contribution >= 0.6 is 0 Å². The van der Waals surface area contributed by atoms with Gasteiger partial charge >= 0.3 is 5.97 Å². The summed E-state index contributed by atoms with van der Waals surface area (Å²) in [5, 5.41) is 3.62. The summed E-state index contributed by atoms with van der Waals surface area (Å²) < 4.78 is 15.5. The van der Waals surface area contributed by atoms with E-state index in [9.17, 15) is 4.79 Å². The number of carbonyl (C=O) groups is 1. The fourth-order valence-corrected chi connectivity index (χ4v) is 2.17. The van der Waals surface area contributed by atoms with Crippen LogP contribution in [0, 0.1) is 6.92 Å². The summed E-state index contributed by atoms with van der Waals surface area (Å²) in [6.45, 7) is 1.43. The Bertz CT molecular complexity index is 815. The number of hydrogen-bond acceptors (Lipinski definition) is 6. The van der Waals surface area contributed by atoms with Gasteiger partial charge in [0, 0.05) is 5.56 Å². The Morgan fingerprint density at radius 3 is 2.58 bits per heavy atom. The fraction of sp³-hybridized carbons (Fsp3) is 0.167. The van der Waals surface area contributed by atoms with Crippen LogP contribution in [0.2, 0.25) is 0 Å². The van der Waals surface area contributed by atoms with Crippen LogP contribution in [0.5, 0.6) is 5.75 Å². The highest BCUT2D eigenvalue weighted by atomic mass is 16.6. The van der Waals surface area contributed by atoms with E-state index in [1.807, 2.05) is 54.6 Å². The quantitative estimate of drug-likeness (QED) is 0.648. The van der Waals surface area contributed by atoms with Gasteiger partial charge in [0.2, 0.25) is 0 Å². The number of para-hydroxylation sites is 1. The van der Waals surface area contributed by atoms with Gasteiger partial charge in [-0.1, -0.05) is 53.7 Å². The third-order valence-electron chi connectivity index (χ3n) is 3.24. The van der Waals surface area contributed by atoms with Crippen molar-refractivity contribution in [2.45, 2.75) is 13.5 Å². The predicted octanol–water partition coefficient (Wildman–Crippen LogP) is 3.17. The van der Waals surface area contributed by atoms with Gasteiger partial charge in [-0.05, 0) is 18.6 Å². The van der Waals surface area contributed by atoms with Crippen molar-refractivity contribution >= 4 is 5.97 Å². The van der Waals surface area contributed by atoms with Gasteiger partial charge in [0.05, 0.1) is 0 Å². The molecule has 0 bridgehead atoms. The van der Waals surface area contributed by atoms with E-state index >= 15 is 0 Å². The Morgan fingerprint density at radius 2 is 1.83 bits per heavy atom. The summed E-state index contributed by atoms with van der Waals surface area (Å²) in [5.41, 5.74) is 1.93. The van der Waals surface area contributed by atoms with E-state index in [0.29, 0.717) is 11.6 Å². The van der Waals surface area contributed by atoms with E-state index < -0.39 is 5.97 Å². The summed E-state index contributed by atoms with van der Waals surface area (Å²) >= 11 is 0. The first-order chi connectivity index (χ1) is 11.7. The Hall–Kier alpha value is -3.15. The average Bonchev–Trinajstić information content (AvgIpc) is 3.04. The molecule has 0 radical (unpaired) electrons. The number of esters is 1. The highest BCUT2D eigenvalue weighted by Gasteiger charge is 2.11. The van der Waals surface area contributed by atoms with Gasteiger partial charge in [-0.15, -0.1) is 0 Å². The predicted molar refractivity (Wildman–Crippen MR) is 86.2 cm³/mol. The molecule has 0 N–H and O–H groups in total. The summed E-state index contributed by atoms with van der Waals surface area (Å²) in [6.07, 6.45) is 0. The molecule has 1 heterocycles. The number of aryl methyl sites for hydroxylation is 1. The Kier molecular flexibility index (Phi) is 4.86. The van der Waals surface area contributed by atoms with Crippen molar-refractivity contribution in [1.82, 2.24) is 10.1 Å². The van der Waals surface area contributed by atoms with Crippen molar-refractivity contribution in [2.75, 3.05) is 6.61 Å². The third-order valence-corrected chi connectivity index (χ3v) is 3.24. The van der Waals surface area contributed by atoms with Gasteiger partial charge in [-0.3, -0.25) is 0 Å². The molecule has 1 aromatic heterocycles. The van der Waals surface area contributed by atoms with Gasteiger partial charge in [0.25, 0.3) is 5.89 Å². The molecular formula is C18H16N2O4. The first-order valence-corrected chi connectivity index (χ1v) is 7.44. The Labute approximate surface area is 139 Å². The molecule has 0 aliphatic heterocycles. The average molecular weight is 324 g/mol. The molecule has 0 aliphatic carbocycles. The van der Waals surface area contributed by atoms with Crippen molar-refractivity contribution in [3.63, 3.8) is 0 Å². The maximum absolute atomic E-state index is 11.8. The number of nitrogens with zero attached hydrogens (tertiary/aromatic N) is 2. The van der Waals surface area contributed by atoms with E-state index in [1.54, 1.807) is 6.92 Å². The molecule has 0 spiro atoms. The molecule has 0 saturated heterocycles. The van der Waals surface area contributed by atoms with Crippen molar-refractivity contribution < 1.29 is 18.8 Å². The molecule has 0 aliphatic rings. The lowest BCUT2D eigenvalue weighted by Crippen LogP contribution is -2.15. The van der Waals surface area contributed by atoms with E-state index in [0.717, 1.165) is 11.1 Å². The van der Waals surface area contributed by atoms with Crippen molar-refractivity contribution in [1.29, 1.82) is 0 Å². The summed E-state index contributed by atoms with van der Waals surface area (Å²) in [4.78, 5) is 15.8. The second-order valence-electron chi connectivity index (χ2n) is 5.05. The molecule has 24 heavy (non-hydrogen) atoms. The van der Waals surface area contributed by atoms with E-state index in [1.165, 1.54) is 0 Å². The lowest BCUT2D eigenvalue weighted by atomic mass is 10.1. The van der Waals surface area contributed by atoms with Crippen LogP contribution in [-0.4, -0.2) is 22.7 Å². The van der Waals surface area contributed by atoms with Crippen molar-refractivity contribution in [3.05, 3.63) is 66.3 Å². The number of aromatic nitrogens is 2. The molecule has 0 atom stereocenters. The monoisotopic (exact) mass is 324 g/mol. The molecule has 6 nitrogen and oxygen atoms in total. The molecule has 0 saturated carbocycles. The van der Waals surface area contributed by atoms with Crippen molar-refractivity contribution in [3.8, 4) is 16.9 Å². The highest BCUT2D eigenvalue weighted by molar-refractivity contribution is 5.73. The number of hydrogen-bond donors (Lipinski definition) is 0. The zero-order valence-corrected chi connectivity index (χ0v) is 13.1. The molecule has 0 unspecified atom stereocenters. The molecular weight excluding hydrogens is 308 g/mol. The molecule has 3 aromatic rings. The van der Waals surface area contributed by atoms with Crippen LogP contribution in [0.3, 0.4) is 0 Å². The zero-order chi connectivity index (χ0) is 16.8. The van der Waals surface area contributed by atoms with E-state index in [2.05, 4.69) is 10.1 Å². The number of benzene rings is 2. The molecule has 122 valence electrons. The summed E-state index contributed by atoms with van der Waals surface area (Å²) in [7, 11) is 0. The van der Waals surface area contributed by atoms with Gasteiger partial charge in [0.1, 0.15) is 5.75 Å². The second kappa shape index (κ2) is 7.41. The van der Waals surface area contributed by atoms with Crippen LogP contribution in [0.15, 0.2) is 59.1 Å². The SMILES string of the molecule is Cc1noc(COC(=O)COc2ccccc2-c2ccccc2)n1. The second-order valence-corrected chi connectivity index (χ2v) is 5.05. The minimum atomic E-state index is -0.506. The summed E-state index contributed by atoms with van der Waals surface area (Å²) in [6, 6.07) is 17.4. The first-order valence-electron chi connectivity index (χ1n) is 7.44. The highest BCUT2D eigenvalue weighted by Crippen LogP contribution is 2.29. The number of carbonyl (C=O) groups excluding carboxylic acids is 1. The lowest BCUT2D eigenvalue weighted by molar-refractivity contribution is -0.148. The molecule has 0 fully saturated rings. The largest absolute Gasteiger partial charge is 0.481 e. The molecule has 0 amide bonds. The zero-order valence-electron chi connectivity index (χ0n) is 13.1. The number of ether oxygens (including phenoxy) is 2. The van der Waals surface area contributed by atoms with E-state index in [-0.39, 0.29) is 19.1 Å². The van der Waals surface area contributed by atoms with Crippen molar-refractivity contribution in [2.24, 2.45) is 0 Å². The third kappa shape index (κ3) is 3.98. The Balaban J connectivity index is 1.59.